The molecular weight excluding hydrogens is 240 g/mol. The fourth-order valence-electron chi connectivity index (χ4n) is 2.39. The van der Waals surface area contributed by atoms with Gasteiger partial charge in [-0.25, -0.2) is 4.98 Å². The predicted molar refractivity (Wildman–Crippen MR) is 76.1 cm³/mol. The highest BCUT2D eigenvalue weighted by Gasteiger charge is 2.32. The van der Waals surface area contributed by atoms with Crippen molar-refractivity contribution in [2.24, 2.45) is 0 Å². The van der Waals surface area contributed by atoms with Crippen LogP contribution in [0.2, 0.25) is 0 Å². The van der Waals surface area contributed by atoms with Crippen LogP contribution in [0.15, 0.2) is 18.2 Å². The van der Waals surface area contributed by atoms with Gasteiger partial charge < -0.3 is 10.0 Å². The SMILES string of the molecule is CCO.Cc1cccc(C(=O)N2C(C)CCC2C)n1. The zero-order valence-electron chi connectivity index (χ0n) is 12.3. The van der Waals surface area contributed by atoms with Crippen molar-refractivity contribution in [1.29, 1.82) is 0 Å². The summed E-state index contributed by atoms with van der Waals surface area (Å²) in [6.45, 7) is 8.06. The predicted octanol–water partition coefficient (Wildman–Crippen LogP) is 2.40. The van der Waals surface area contributed by atoms with Crippen LogP contribution in [0, 0.1) is 6.92 Å². The first-order valence-electron chi connectivity index (χ1n) is 6.88. The third-order valence-electron chi connectivity index (χ3n) is 3.29. The lowest BCUT2D eigenvalue weighted by Crippen LogP contribution is -2.38. The average Bonchev–Trinajstić information content (AvgIpc) is 2.69. The second kappa shape index (κ2) is 7.24. The third-order valence-corrected chi connectivity index (χ3v) is 3.29. The van der Waals surface area contributed by atoms with Gasteiger partial charge in [0.25, 0.3) is 5.91 Å². The minimum Gasteiger partial charge on any atom is -0.397 e. The number of aliphatic hydroxyl groups excluding tert-OH is 1. The highest BCUT2D eigenvalue weighted by atomic mass is 16.2. The van der Waals surface area contributed by atoms with Crippen LogP contribution in [0.3, 0.4) is 0 Å². The van der Waals surface area contributed by atoms with Crippen molar-refractivity contribution >= 4 is 5.91 Å². The molecule has 1 saturated heterocycles. The molecule has 1 aliphatic rings. The fourth-order valence-corrected chi connectivity index (χ4v) is 2.39. The van der Waals surface area contributed by atoms with Crippen LogP contribution in [0.1, 0.15) is 49.8 Å². The first kappa shape index (κ1) is 15.6. The lowest BCUT2D eigenvalue weighted by Gasteiger charge is -2.25. The van der Waals surface area contributed by atoms with Crippen LogP contribution in [0.25, 0.3) is 0 Å². The zero-order valence-corrected chi connectivity index (χ0v) is 12.3. The van der Waals surface area contributed by atoms with Crippen molar-refractivity contribution in [2.75, 3.05) is 6.61 Å². The van der Waals surface area contributed by atoms with Crippen LogP contribution < -0.4 is 0 Å². The van der Waals surface area contributed by atoms with E-state index in [0.717, 1.165) is 18.5 Å². The van der Waals surface area contributed by atoms with Crippen LogP contribution in [-0.4, -0.2) is 39.6 Å². The maximum absolute atomic E-state index is 12.3. The second-order valence-electron chi connectivity index (χ2n) is 4.97. The molecule has 0 spiro atoms. The number of carbonyl (C=O) groups is 1. The van der Waals surface area contributed by atoms with Crippen molar-refractivity contribution < 1.29 is 9.90 Å². The first-order chi connectivity index (χ1) is 9.01. The van der Waals surface area contributed by atoms with Crippen molar-refractivity contribution in [1.82, 2.24) is 9.88 Å². The lowest BCUT2D eigenvalue weighted by molar-refractivity contribution is 0.0686. The molecule has 2 rings (SSSR count). The summed E-state index contributed by atoms with van der Waals surface area (Å²) < 4.78 is 0. The van der Waals surface area contributed by atoms with Gasteiger partial charge in [0, 0.05) is 24.4 Å². The van der Waals surface area contributed by atoms with Gasteiger partial charge >= 0.3 is 0 Å². The summed E-state index contributed by atoms with van der Waals surface area (Å²) >= 11 is 0. The van der Waals surface area contributed by atoms with E-state index in [-0.39, 0.29) is 12.5 Å². The van der Waals surface area contributed by atoms with Gasteiger partial charge in [0.1, 0.15) is 5.69 Å². The van der Waals surface area contributed by atoms with Gasteiger partial charge in [-0.05, 0) is 52.7 Å². The van der Waals surface area contributed by atoms with Crippen molar-refractivity contribution in [3.8, 4) is 0 Å². The maximum Gasteiger partial charge on any atom is 0.272 e. The Hall–Kier alpha value is -1.42. The summed E-state index contributed by atoms with van der Waals surface area (Å²) in [7, 11) is 0. The number of aryl methyl sites for hydroxylation is 1. The highest BCUT2D eigenvalue weighted by Crippen LogP contribution is 2.25. The minimum absolute atomic E-state index is 0.0706. The summed E-state index contributed by atoms with van der Waals surface area (Å²) in [5.74, 6) is 0.0706. The van der Waals surface area contributed by atoms with E-state index < -0.39 is 0 Å². The molecule has 1 aromatic rings. The Labute approximate surface area is 115 Å². The number of hydrogen-bond donors (Lipinski definition) is 1. The van der Waals surface area contributed by atoms with Crippen molar-refractivity contribution in [3.05, 3.63) is 29.6 Å². The number of aliphatic hydroxyl groups is 1. The molecule has 4 heteroatoms. The number of carbonyl (C=O) groups excluding carboxylic acids is 1. The number of amides is 1. The van der Waals surface area contributed by atoms with E-state index in [9.17, 15) is 4.79 Å². The normalized spacial score (nSPS) is 21.8. The van der Waals surface area contributed by atoms with Gasteiger partial charge in [-0.2, -0.15) is 0 Å². The van der Waals surface area contributed by atoms with Gasteiger partial charge in [0.05, 0.1) is 0 Å². The van der Waals surface area contributed by atoms with E-state index in [4.69, 9.17) is 5.11 Å². The molecular formula is C15H24N2O2. The van der Waals surface area contributed by atoms with Gasteiger partial charge in [-0.15, -0.1) is 0 Å². The summed E-state index contributed by atoms with van der Waals surface area (Å²) in [5, 5.41) is 7.57. The van der Waals surface area contributed by atoms with E-state index in [0.29, 0.717) is 17.8 Å². The third kappa shape index (κ3) is 4.03. The number of likely N-dealkylation sites (tertiary alicyclic amines) is 1. The number of pyridine rings is 1. The van der Waals surface area contributed by atoms with Gasteiger partial charge in [0.15, 0.2) is 0 Å². The molecule has 1 N–H and O–H groups in total. The Bertz CT molecular complexity index is 410. The van der Waals surface area contributed by atoms with Gasteiger partial charge in [-0.1, -0.05) is 6.07 Å². The van der Waals surface area contributed by atoms with Crippen molar-refractivity contribution in [2.45, 2.75) is 52.6 Å². The van der Waals surface area contributed by atoms with Gasteiger partial charge in [-0.3, -0.25) is 4.79 Å². The molecule has 1 amide bonds. The molecule has 19 heavy (non-hydrogen) atoms. The Morgan fingerprint density at radius 1 is 1.37 bits per heavy atom. The number of rotatable bonds is 1. The second-order valence-corrected chi connectivity index (χ2v) is 4.97. The standard InChI is InChI=1S/C13H18N2O.C2H6O/c1-9-5-4-6-12(14-9)13(16)15-10(2)7-8-11(15)3;1-2-3/h4-6,10-11H,7-8H2,1-3H3;3H,2H2,1H3. The molecule has 2 atom stereocenters. The summed E-state index contributed by atoms with van der Waals surface area (Å²) in [6.07, 6.45) is 2.19. The molecule has 0 aliphatic carbocycles. The lowest BCUT2D eigenvalue weighted by atomic mass is 10.2. The molecule has 2 heterocycles. The topological polar surface area (TPSA) is 53.4 Å². The minimum atomic E-state index is 0.0706. The van der Waals surface area contributed by atoms with Crippen LogP contribution in [0.4, 0.5) is 0 Å². The van der Waals surface area contributed by atoms with Crippen LogP contribution in [-0.2, 0) is 0 Å². The Balaban J connectivity index is 0.000000550. The molecule has 4 nitrogen and oxygen atoms in total. The van der Waals surface area contributed by atoms with E-state index in [2.05, 4.69) is 18.8 Å². The van der Waals surface area contributed by atoms with Crippen LogP contribution >= 0.6 is 0 Å². The van der Waals surface area contributed by atoms with E-state index in [1.54, 1.807) is 13.0 Å². The monoisotopic (exact) mass is 264 g/mol. The Morgan fingerprint density at radius 3 is 2.37 bits per heavy atom. The molecule has 0 radical (unpaired) electrons. The number of nitrogens with zero attached hydrogens (tertiary/aromatic N) is 2. The highest BCUT2D eigenvalue weighted by molar-refractivity contribution is 5.93. The van der Waals surface area contributed by atoms with Crippen molar-refractivity contribution in [3.63, 3.8) is 0 Å². The maximum atomic E-state index is 12.3. The zero-order chi connectivity index (χ0) is 14.4. The summed E-state index contributed by atoms with van der Waals surface area (Å²) in [4.78, 5) is 18.5. The summed E-state index contributed by atoms with van der Waals surface area (Å²) in [5.41, 5.74) is 1.46. The molecule has 0 saturated carbocycles. The average molecular weight is 264 g/mol. The molecule has 1 aromatic heterocycles. The van der Waals surface area contributed by atoms with Gasteiger partial charge in [0.2, 0.25) is 0 Å². The summed E-state index contributed by atoms with van der Waals surface area (Å²) in [6, 6.07) is 6.27. The smallest absolute Gasteiger partial charge is 0.272 e. The molecule has 106 valence electrons. The molecule has 0 bridgehead atoms. The fraction of sp³-hybridized carbons (Fsp3) is 0.600. The Morgan fingerprint density at radius 2 is 1.89 bits per heavy atom. The molecule has 1 aliphatic heterocycles. The molecule has 0 aromatic carbocycles. The molecule has 2 unspecified atom stereocenters. The van der Waals surface area contributed by atoms with Crippen LogP contribution in [0.5, 0.6) is 0 Å². The quantitative estimate of drug-likeness (QED) is 0.847. The van der Waals surface area contributed by atoms with E-state index in [1.807, 2.05) is 24.0 Å². The first-order valence-corrected chi connectivity index (χ1v) is 6.88. The van der Waals surface area contributed by atoms with E-state index in [1.165, 1.54) is 0 Å². The Kier molecular flexibility index (Phi) is 5.96. The molecule has 1 fully saturated rings. The largest absolute Gasteiger partial charge is 0.397 e. The number of hydrogen-bond acceptors (Lipinski definition) is 3. The number of aromatic nitrogens is 1. The van der Waals surface area contributed by atoms with E-state index >= 15 is 0 Å².